The van der Waals surface area contributed by atoms with E-state index in [1.54, 1.807) is 0 Å². The molecule has 0 spiro atoms. The van der Waals surface area contributed by atoms with E-state index in [0.29, 0.717) is 11.6 Å². The van der Waals surface area contributed by atoms with Gasteiger partial charge in [0.25, 0.3) is 0 Å². The molecule has 0 radical (unpaired) electrons. The van der Waals surface area contributed by atoms with Gasteiger partial charge >= 0.3 is 6.18 Å². The average molecular weight is 288 g/mol. The Bertz CT molecular complexity index is 475. The summed E-state index contributed by atoms with van der Waals surface area (Å²) in [6.07, 6.45) is -2.52. The number of nitrogens with one attached hydrogen (secondary N) is 1. The summed E-state index contributed by atoms with van der Waals surface area (Å²) in [7, 11) is 2.04. The fourth-order valence-electron chi connectivity index (χ4n) is 2.51. The maximum atomic E-state index is 12.7. The summed E-state index contributed by atoms with van der Waals surface area (Å²) in [5.74, 6) is 0.343. The Morgan fingerprint density at radius 1 is 1.45 bits per heavy atom. The summed E-state index contributed by atoms with van der Waals surface area (Å²) in [5, 5.41) is 3.14. The third kappa shape index (κ3) is 3.33. The Morgan fingerprint density at radius 3 is 2.75 bits per heavy atom. The van der Waals surface area contributed by atoms with Crippen LogP contribution < -0.4 is 11.1 Å². The number of hydrogen-bond acceptors (Lipinski definition) is 4. The van der Waals surface area contributed by atoms with Gasteiger partial charge in [0.2, 0.25) is 0 Å². The lowest BCUT2D eigenvalue weighted by atomic mass is 9.94. The molecule has 0 bridgehead atoms. The minimum atomic E-state index is -4.46. The minimum Gasteiger partial charge on any atom is -0.396 e. The predicted octanol–water partition coefficient (Wildman–Crippen LogP) is 2.43. The Balaban J connectivity index is 2.16. The SMILES string of the molecule is CC1CN(C)CCC1Nc1cc(C(F)(F)F)ncc1N. The molecule has 2 rings (SSSR count). The smallest absolute Gasteiger partial charge is 0.396 e. The topological polar surface area (TPSA) is 54.2 Å². The van der Waals surface area contributed by atoms with E-state index in [4.69, 9.17) is 5.73 Å². The van der Waals surface area contributed by atoms with Crippen LogP contribution in [-0.2, 0) is 6.18 Å². The van der Waals surface area contributed by atoms with Gasteiger partial charge in [-0.3, -0.25) is 0 Å². The average Bonchev–Trinajstić information content (AvgIpc) is 2.33. The van der Waals surface area contributed by atoms with Crippen molar-refractivity contribution >= 4 is 11.4 Å². The van der Waals surface area contributed by atoms with Crippen molar-refractivity contribution in [3.63, 3.8) is 0 Å². The number of rotatable bonds is 2. The molecule has 1 fully saturated rings. The van der Waals surface area contributed by atoms with Crippen LogP contribution in [0.4, 0.5) is 24.5 Å². The van der Waals surface area contributed by atoms with Gasteiger partial charge in [-0.15, -0.1) is 0 Å². The highest BCUT2D eigenvalue weighted by molar-refractivity contribution is 5.66. The second kappa shape index (κ2) is 5.47. The summed E-state index contributed by atoms with van der Waals surface area (Å²) in [6.45, 7) is 3.91. The van der Waals surface area contributed by atoms with Gasteiger partial charge in [-0.2, -0.15) is 13.2 Å². The van der Waals surface area contributed by atoms with Crippen LogP contribution in [0.2, 0.25) is 0 Å². The minimum absolute atomic E-state index is 0.122. The quantitative estimate of drug-likeness (QED) is 0.877. The molecule has 2 unspecified atom stereocenters. The Labute approximate surface area is 116 Å². The number of nitrogens with zero attached hydrogens (tertiary/aromatic N) is 2. The van der Waals surface area contributed by atoms with Crippen molar-refractivity contribution in [3.8, 4) is 0 Å². The summed E-state index contributed by atoms with van der Waals surface area (Å²) < 4.78 is 38.0. The number of alkyl halides is 3. The first kappa shape index (κ1) is 14.9. The highest BCUT2D eigenvalue weighted by Gasteiger charge is 2.33. The van der Waals surface area contributed by atoms with Crippen LogP contribution in [0.3, 0.4) is 0 Å². The molecule has 3 N–H and O–H groups in total. The summed E-state index contributed by atoms with van der Waals surface area (Å²) in [4.78, 5) is 5.54. The Hall–Kier alpha value is -1.50. The van der Waals surface area contributed by atoms with Gasteiger partial charge in [-0.05, 0) is 32.0 Å². The first-order chi connectivity index (χ1) is 9.27. The molecule has 0 amide bonds. The van der Waals surface area contributed by atoms with Crippen LogP contribution in [0, 0.1) is 5.92 Å². The van der Waals surface area contributed by atoms with E-state index in [-0.39, 0.29) is 11.7 Å². The molecule has 1 aliphatic heterocycles. The lowest BCUT2D eigenvalue weighted by Gasteiger charge is -2.36. The molecule has 112 valence electrons. The lowest BCUT2D eigenvalue weighted by Crippen LogP contribution is -2.43. The molecule has 1 aromatic heterocycles. The first-order valence-electron chi connectivity index (χ1n) is 6.55. The van der Waals surface area contributed by atoms with Crippen LogP contribution in [-0.4, -0.2) is 36.1 Å². The van der Waals surface area contributed by atoms with Crippen molar-refractivity contribution in [2.24, 2.45) is 5.92 Å². The maximum absolute atomic E-state index is 12.7. The van der Waals surface area contributed by atoms with E-state index in [1.807, 2.05) is 7.05 Å². The maximum Gasteiger partial charge on any atom is 0.433 e. The normalized spacial score (nSPS) is 24.6. The number of nitrogen functional groups attached to an aromatic ring is 1. The van der Waals surface area contributed by atoms with E-state index in [0.717, 1.165) is 31.8 Å². The van der Waals surface area contributed by atoms with Gasteiger partial charge in [0.1, 0.15) is 5.69 Å². The van der Waals surface area contributed by atoms with Crippen LogP contribution in [0.5, 0.6) is 0 Å². The molecule has 0 aliphatic carbocycles. The molecule has 20 heavy (non-hydrogen) atoms. The molecule has 1 aromatic rings. The van der Waals surface area contributed by atoms with Crippen molar-refractivity contribution < 1.29 is 13.2 Å². The third-order valence-corrected chi connectivity index (χ3v) is 3.67. The number of nitrogens with two attached hydrogens (primary N) is 1. The fraction of sp³-hybridized carbons (Fsp3) is 0.615. The molecule has 2 heterocycles. The van der Waals surface area contributed by atoms with E-state index in [9.17, 15) is 13.2 Å². The van der Waals surface area contributed by atoms with Crippen molar-refractivity contribution in [1.82, 2.24) is 9.88 Å². The Morgan fingerprint density at radius 2 is 2.15 bits per heavy atom. The van der Waals surface area contributed by atoms with E-state index in [1.165, 1.54) is 0 Å². The van der Waals surface area contributed by atoms with Gasteiger partial charge in [0.15, 0.2) is 0 Å². The molecular weight excluding hydrogens is 269 g/mol. The monoisotopic (exact) mass is 288 g/mol. The zero-order chi connectivity index (χ0) is 14.9. The molecule has 1 saturated heterocycles. The molecule has 2 atom stereocenters. The molecule has 7 heteroatoms. The van der Waals surface area contributed by atoms with Gasteiger partial charge < -0.3 is 16.0 Å². The first-order valence-corrected chi connectivity index (χ1v) is 6.55. The van der Waals surface area contributed by atoms with Gasteiger partial charge in [-0.25, -0.2) is 4.98 Å². The molecule has 4 nitrogen and oxygen atoms in total. The predicted molar refractivity (Wildman–Crippen MR) is 72.3 cm³/mol. The summed E-state index contributed by atoms with van der Waals surface area (Å²) >= 11 is 0. The van der Waals surface area contributed by atoms with Crippen molar-refractivity contribution in [1.29, 1.82) is 0 Å². The summed E-state index contributed by atoms with van der Waals surface area (Å²) in [6, 6.07) is 1.11. The molecular formula is C13H19F3N4. The fourth-order valence-corrected chi connectivity index (χ4v) is 2.51. The van der Waals surface area contributed by atoms with Crippen LogP contribution >= 0.6 is 0 Å². The van der Waals surface area contributed by atoms with E-state index >= 15 is 0 Å². The van der Waals surface area contributed by atoms with Gasteiger partial charge in [0, 0.05) is 12.6 Å². The van der Waals surface area contributed by atoms with Crippen LogP contribution in [0.1, 0.15) is 19.0 Å². The second-order valence-corrected chi connectivity index (χ2v) is 5.43. The third-order valence-electron chi connectivity index (χ3n) is 3.67. The van der Waals surface area contributed by atoms with E-state index in [2.05, 4.69) is 22.1 Å². The Kier molecular flexibility index (Phi) is 4.08. The van der Waals surface area contributed by atoms with Gasteiger partial charge in [0.05, 0.1) is 17.6 Å². The van der Waals surface area contributed by atoms with Crippen LogP contribution in [0.25, 0.3) is 0 Å². The number of piperidine rings is 1. The zero-order valence-corrected chi connectivity index (χ0v) is 11.5. The number of aromatic nitrogens is 1. The van der Waals surface area contributed by atoms with Crippen molar-refractivity contribution in [2.75, 3.05) is 31.2 Å². The standard InChI is InChI=1S/C13H19F3N4/c1-8-7-20(2)4-3-10(8)19-11-5-12(13(14,15)16)18-6-9(11)17/h5-6,8,10H,3-4,7,17H2,1-2H3,(H,18,19). The molecule has 0 saturated carbocycles. The molecule has 1 aliphatic rings. The van der Waals surface area contributed by atoms with Crippen molar-refractivity contribution in [2.45, 2.75) is 25.6 Å². The zero-order valence-electron chi connectivity index (χ0n) is 11.5. The van der Waals surface area contributed by atoms with Gasteiger partial charge in [-0.1, -0.05) is 6.92 Å². The lowest BCUT2D eigenvalue weighted by molar-refractivity contribution is -0.141. The number of halogens is 3. The number of likely N-dealkylation sites (tertiary alicyclic amines) is 1. The van der Waals surface area contributed by atoms with Crippen LogP contribution in [0.15, 0.2) is 12.3 Å². The molecule has 0 aromatic carbocycles. The highest BCUT2D eigenvalue weighted by atomic mass is 19.4. The number of hydrogen-bond donors (Lipinski definition) is 2. The highest BCUT2D eigenvalue weighted by Crippen LogP contribution is 2.32. The van der Waals surface area contributed by atoms with E-state index < -0.39 is 11.9 Å². The van der Waals surface area contributed by atoms with Crippen molar-refractivity contribution in [3.05, 3.63) is 18.0 Å². The number of anilines is 2. The largest absolute Gasteiger partial charge is 0.433 e. The number of pyridine rings is 1. The second-order valence-electron chi connectivity index (χ2n) is 5.43. The summed E-state index contributed by atoms with van der Waals surface area (Å²) in [5.41, 5.74) is 5.35.